The van der Waals surface area contributed by atoms with Crippen molar-refractivity contribution in [3.63, 3.8) is 0 Å². The van der Waals surface area contributed by atoms with Crippen LogP contribution in [0.3, 0.4) is 0 Å². The molecule has 0 N–H and O–H groups in total. The molecule has 0 spiro atoms. The largest absolute Gasteiger partial charge is 0.378 e. The van der Waals surface area contributed by atoms with Crippen LogP contribution in [0.25, 0.3) is 5.69 Å². The van der Waals surface area contributed by atoms with Gasteiger partial charge in [0, 0.05) is 25.8 Å². The molecule has 2 aromatic rings. The zero-order chi connectivity index (χ0) is 16.2. The van der Waals surface area contributed by atoms with Crippen molar-refractivity contribution in [1.29, 1.82) is 0 Å². The maximum absolute atomic E-state index is 12.8. The summed E-state index contributed by atoms with van der Waals surface area (Å²) < 4.78 is 7.25. The summed E-state index contributed by atoms with van der Waals surface area (Å²) in [7, 11) is 4.02. The van der Waals surface area contributed by atoms with E-state index in [0.29, 0.717) is 31.9 Å². The van der Waals surface area contributed by atoms with E-state index in [0.717, 1.165) is 17.9 Å². The number of amides is 1. The van der Waals surface area contributed by atoms with E-state index in [9.17, 15) is 4.79 Å². The van der Waals surface area contributed by atoms with Gasteiger partial charge in [-0.25, -0.2) is 4.98 Å². The minimum absolute atomic E-state index is 0.0479. The number of hydrogen-bond acceptors (Lipinski definition) is 4. The molecular weight excluding hydrogens is 292 g/mol. The van der Waals surface area contributed by atoms with Crippen LogP contribution in [-0.4, -0.2) is 65.7 Å². The third kappa shape index (κ3) is 3.60. The monoisotopic (exact) mass is 314 g/mol. The molecule has 1 fully saturated rings. The Kier molecular flexibility index (Phi) is 4.73. The predicted octanol–water partition coefficient (Wildman–Crippen LogP) is 1.41. The maximum Gasteiger partial charge on any atom is 0.256 e. The molecule has 1 aliphatic heterocycles. The molecule has 6 nitrogen and oxygen atoms in total. The second-order valence-corrected chi connectivity index (χ2v) is 5.93. The number of aromatic nitrogens is 2. The van der Waals surface area contributed by atoms with Crippen molar-refractivity contribution in [3.05, 3.63) is 48.0 Å². The average molecular weight is 314 g/mol. The number of hydrogen-bond donors (Lipinski definition) is 0. The average Bonchev–Trinajstić information content (AvgIpc) is 3.02. The van der Waals surface area contributed by atoms with E-state index >= 15 is 0 Å². The van der Waals surface area contributed by atoms with Crippen LogP contribution in [0.4, 0.5) is 0 Å². The standard InChI is InChI=1S/C17H22N4O2/c1-19(2)11-14-12-21(13-18-14)16-6-4-3-5-15(16)17(22)20-7-9-23-10-8-20/h3-6,12-13H,7-11H2,1-2H3. The second-order valence-electron chi connectivity index (χ2n) is 5.93. The van der Waals surface area contributed by atoms with Gasteiger partial charge in [-0.15, -0.1) is 0 Å². The molecule has 0 radical (unpaired) electrons. The fraction of sp³-hybridized carbons (Fsp3) is 0.412. The van der Waals surface area contributed by atoms with Gasteiger partial charge in [0.05, 0.1) is 36.5 Å². The summed E-state index contributed by atoms with van der Waals surface area (Å²) in [6.07, 6.45) is 3.75. The van der Waals surface area contributed by atoms with Crippen molar-refractivity contribution < 1.29 is 9.53 Å². The Labute approximate surface area is 136 Å². The van der Waals surface area contributed by atoms with E-state index in [-0.39, 0.29) is 5.91 Å². The molecule has 0 unspecified atom stereocenters. The Morgan fingerprint density at radius 3 is 2.74 bits per heavy atom. The summed E-state index contributed by atoms with van der Waals surface area (Å²) in [6.45, 7) is 3.26. The Morgan fingerprint density at radius 1 is 1.26 bits per heavy atom. The Balaban J connectivity index is 1.88. The zero-order valence-electron chi connectivity index (χ0n) is 13.6. The number of imidazole rings is 1. The third-order valence-electron chi connectivity index (χ3n) is 3.83. The Morgan fingerprint density at radius 2 is 2.00 bits per heavy atom. The topological polar surface area (TPSA) is 50.6 Å². The van der Waals surface area contributed by atoms with Gasteiger partial charge in [0.2, 0.25) is 0 Å². The number of benzene rings is 1. The number of carbonyl (C=O) groups is 1. The normalized spacial score (nSPS) is 15.2. The number of ether oxygens (including phenoxy) is 1. The van der Waals surface area contributed by atoms with Crippen molar-refractivity contribution in [1.82, 2.24) is 19.4 Å². The van der Waals surface area contributed by atoms with Crippen molar-refractivity contribution >= 4 is 5.91 Å². The molecule has 0 aliphatic carbocycles. The molecule has 0 atom stereocenters. The van der Waals surface area contributed by atoms with Gasteiger partial charge in [-0.2, -0.15) is 0 Å². The lowest BCUT2D eigenvalue weighted by Gasteiger charge is -2.27. The van der Waals surface area contributed by atoms with E-state index < -0.39 is 0 Å². The van der Waals surface area contributed by atoms with Crippen LogP contribution in [0.1, 0.15) is 16.1 Å². The fourth-order valence-corrected chi connectivity index (χ4v) is 2.72. The lowest BCUT2D eigenvalue weighted by atomic mass is 10.1. The van der Waals surface area contributed by atoms with E-state index in [1.807, 2.05) is 54.0 Å². The quantitative estimate of drug-likeness (QED) is 0.856. The van der Waals surface area contributed by atoms with Gasteiger partial charge < -0.3 is 19.1 Å². The van der Waals surface area contributed by atoms with Crippen LogP contribution < -0.4 is 0 Å². The molecule has 3 rings (SSSR count). The van der Waals surface area contributed by atoms with E-state index in [1.165, 1.54) is 0 Å². The SMILES string of the molecule is CN(C)Cc1cn(-c2ccccc2C(=O)N2CCOCC2)cn1. The van der Waals surface area contributed by atoms with Crippen molar-refractivity contribution in [2.45, 2.75) is 6.54 Å². The van der Waals surface area contributed by atoms with Gasteiger partial charge in [0.1, 0.15) is 0 Å². The maximum atomic E-state index is 12.8. The summed E-state index contributed by atoms with van der Waals surface area (Å²) in [5, 5.41) is 0. The van der Waals surface area contributed by atoms with Gasteiger partial charge in [0.25, 0.3) is 5.91 Å². The lowest BCUT2D eigenvalue weighted by molar-refractivity contribution is 0.0303. The Bertz CT molecular complexity index is 675. The van der Waals surface area contributed by atoms with Crippen LogP contribution in [-0.2, 0) is 11.3 Å². The van der Waals surface area contributed by atoms with E-state index in [2.05, 4.69) is 9.88 Å². The number of para-hydroxylation sites is 1. The molecule has 23 heavy (non-hydrogen) atoms. The lowest BCUT2D eigenvalue weighted by Crippen LogP contribution is -2.41. The van der Waals surface area contributed by atoms with Gasteiger partial charge >= 0.3 is 0 Å². The highest BCUT2D eigenvalue weighted by molar-refractivity contribution is 5.97. The van der Waals surface area contributed by atoms with Crippen LogP contribution in [0.5, 0.6) is 0 Å². The number of carbonyl (C=O) groups excluding carboxylic acids is 1. The van der Waals surface area contributed by atoms with Crippen LogP contribution >= 0.6 is 0 Å². The summed E-state index contributed by atoms with van der Waals surface area (Å²) in [6, 6.07) is 7.67. The third-order valence-corrected chi connectivity index (χ3v) is 3.83. The first-order valence-electron chi connectivity index (χ1n) is 7.79. The summed E-state index contributed by atoms with van der Waals surface area (Å²) >= 11 is 0. The molecule has 1 aromatic carbocycles. The summed E-state index contributed by atoms with van der Waals surface area (Å²) in [5.74, 6) is 0.0479. The highest BCUT2D eigenvalue weighted by Gasteiger charge is 2.21. The highest BCUT2D eigenvalue weighted by atomic mass is 16.5. The molecule has 122 valence electrons. The zero-order valence-corrected chi connectivity index (χ0v) is 13.6. The first-order chi connectivity index (χ1) is 11.1. The number of rotatable bonds is 4. The molecule has 2 heterocycles. The molecule has 1 aromatic heterocycles. The van der Waals surface area contributed by atoms with Gasteiger partial charge in [-0.05, 0) is 26.2 Å². The fourth-order valence-electron chi connectivity index (χ4n) is 2.72. The predicted molar refractivity (Wildman–Crippen MR) is 87.7 cm³/mol. The first kappa shape index (κ1) is 15.7. The number of nitrogens with zero attached hydrogens (tertiary/aromatic N) is 4. The molecule has 6 heteroatoms. The molecule has 0 saturated carbocycles. The summed E-state index contributed by atoms with van der Waals surface area (Å²) in [4.78, 5) is 21.1. The second kappa shape index (κ2) is 6.93. The van der Waals surface area contributed by atoms with Crippen LogP contribution in [0.15, 0.2) is 36.8 Å². The van der Waals surface area contributed by atoms with Crippen LogP contribution in [0.2, 0.25) is 0 Å². The van der Waals surface area contributed by atoms with Gasteiger partial charge in [-0.3, -0.25) is 4.79 Å². The van der Waals surface area contributed by atoms with Crippen molar-refractivity contribution in [2.75, 3.05) is 40.4 Å². The Hall–Kier alpha value is -2.18. The van der Waals surface area contributed by atoms with Gasteiger partial charge in [-0.1, -0.05) is 12.1 Å². The molecule has 1 saturated heterocycles. The van der Waals surface area contributed by atoms with Crippen molar-refractivity contribution in [2.24, 2.45) is 0 Å². The molecule has 0 bridgehead atoms. The van der Waals surface area contributed by atoms with E-state index in [1.54, 1.807) is 6.33 Å². The molecule has 1 amide bonds. The number of morpholine rings is 1. The molecular formula is C17H22N4O2. The van der Waals surface area contributed by atoms with E-state index in [4.69, 9.17) is 4.74 Å². The highest BCUT2D eigenvalue weighted by Crippen LogP contribution is 2.18. The van der Waals surface area contributed by atoms with Gasteiger partial charge in [0.15, 0.2) is 0 Å². The minimum Gasteiger partial charge on any atom is -0.378 e. The van der Waals surface area contributed by atoms with Crippen LogP contribution in [0, 0.1) is 0 Å². The summed E-state index contributed by atoms with van der Waals surface area (Å²) in [5.41, 5.74) is 2.54. The minimum atomic E-state index is 0.0479. The smallest absolute Gasteiger partial charge is 0.256 e. The first-order valence-corrected chi connectivity index (χ1v) is 7.79. The molecule has 1 aliphatic rings. The van der Waals surface area contributed by atoms with Crippen molar-refractivity contribution in [3.8, 4) is 5.69 Å².